The SMILES string of the molecule is Cc1cccc2nc(Cl)nc(Br)c12. The van der Waals surface area contributed by atoms with Crippen molar-refractivity contribution in [3.8, 4) is 0 Å². The van der Waals surface area contributed by atoms with Gasteiger partial charge in [0.05, 0.1) is 5.52 Å². The van der Waals surface area contributed by atoms with E-state index in [1.165, 1.54) is 0 Å². The molecule has 0 bridgehead atoms. The van der Waals surface area contributed by atoms with E-state index in [1.54, 1.807) is 0 Å². The Morgan fingerprint density at radius 2 is 2.08 bits per heavy atom. The van der Waals surface area contributed by atoms with E-state index in [4.69, 9.17) is 11.6 Å². The summed E-state index contributed by atoms with van der Waals surface area (Å²) in [5, 5.41) is 1.29. The zero-order valence-electron chi connectivity index (χ0n) is 6.88. The molecule has 0 saturated heterocycles. The number of aryl methyl sites for hydroxylation is 1. The lowest BCUT2D eigenvalue weighted by atomic mass is 10.1. The predicted octanol–water partition coefficient (Wildman–Crippen LogP) is 3.35. The van der Waals surface area contributed by atoms with Crippen LogP contribution in [0.2, 0.25) is 5.28 Å². The first-order valence-corrected chi connectivity index (χ1v) is 4.94. The molecule has 0 aliphatic heterocycles. The van der Waals surface area contributed by atoms with Gasteiger partial charge in [0.25, 0.3) is 0 Å². The van der Waals surface area contributed by atoms with Crippen LogP contribution < -0.4 is 0 Å². The zero-order valence-corrected chi connectivity index (χ0v) is 9.22. The molecule has 0 saturated carbocycles. The Labute approximate surface area is 89.1 Å². The second-order valence-electron chi connectivity index (χ2n) is 2.75. The van der Waals surface area contributed by atoms with Crippen molar-refractivity contribution < 1.29 is 0 Å². The molecule has 0 radical (unpaired) electrons. The molecule has 66 valence electrons. The van der Waals surface area contributed by atoms with Gasteiger partial charge in [0.1, 0.15) is 4.60 Å². The zero-order chi connectivity index (χ0) is 9.42. The Kier molecular flexibility index (Phi) is 2.22. The second kappa shape index (κ2) is 3.24. The van der Waals surface area contributed by atoms with E-state index in [9.17, 15) is 0 Å². The summed E-state index contributed by atoms with van der Waals surface area (Å²) < 4.78 is 0.751. The largest absolute Gasteiger partial charge is 0.224 e. The first kappa shape index (κ1) is 8.91. The minimum atomic E-state index is 0.268. The molecule has 0 aliphatic rings. The number of halogens is 2. The van der Waals surface area contributed by atoms with E-state index in [-0.39, 0.29) is 5.28 Å². The third kappa shape index (κ3) is 1.54. The fraction of sp³-hybridized carbons (Fsp3) is 0.111. The highest BCUT2D eigenvalue weighted by molar-refractivity contribution is 9.10. The van der Waals surface area contributed by atoms with Crippen LogP contribution in [0.25, 0.3) is 10.9 Å². The number of aromatic nitrogens is 2. The average molecular weight is 258 g/mol. The topological polar surface area (TPSA) is 25.8 Å². The summed E-state index contributed by atoms with van der Waals surface area (Å²) >= 11 is 9.09. The number of rotatable bonds is 0. The predicted molar refractivity (Wildman–Crippen MR) is 57.0 cm³/mol. The minimum absolute atomic E-state index is 0.268. The molecule has 2 rings (SSSR count). The van der Waals surface area contributed by atoms with Gasteiger partial charge in [-0.1, -0.05) is 12.1 Å². The van der Waals surface area contributed by atoms with Crippen molar-refractivity contribution in [1.82, 2.24) is 9.97 Å². The Balaban J connectivity index is 2.94. The van der Waals surface area contributed by atoms with Crippen LogP contribution in [0, 0.1) is 6.92 Å². The summed E-state index contributed by atoms with van der Waals surface area (Å²) in [6.07, 6.45) is 0. The molecule has 0 spiro atoms. The number of hydrogen-bond donors (Lipinski definition) is 0. The van der Waals surface area contributed by atoms with Gasteiger partial charge >= 0.3 is 0 Å². The van der Waals surface area contributed by atoms with Crippen LogP contribution in [0.1, 0.15) is 5.56 Å². The molecule has 0 fully saturated rings. The van der Waals surface area contributed by atoms with Gasteiger partial charge in [-0.25, -0.2) is 9.97 Å². The van der Waals surface area contributed by atoms with E-state index in [0.29, 0.717) is 0 Å². The van der Waals surface area contributed by atoms with Gasteiger partial charge in [0.15, 0.2) is 0 Å². The molecule has 0 aliphatic carbocycles. The molecule has 1 aromatic heterocycles. The lowest BCUT2D eigenvalue weighted by Crippen LogP contribution is -1.88. The fourth-order valence-electron chi connectivity index (χ4n) is 1.28. The van der Waals surface area contributed by atoms with Crippen molar-refractivity contribution in [1.29, 1.82) is 0 Å². The maximum atomic E-state index is 5.72. The van der Waals surface area contributed by atoms with Crippen LogP contribution in [-0.4, -0.2) is 9.97 Å². The Bertz CT molecular complexity index is 470. The summed E-state index contributed by atoms with van der Waals surface area (Å²) in [5.74, 6) is 0. The van der Waals surface area contributed by atoms with E-state index in [1.807, 2.05) is 25.1 Å². The summed E-state index contributed by atoms with van der Waals surface area (Å²) in [6, 6.07) is 5.89. The van der Waals surface area contributed by atoms with Crippen molar-refractivity contribution >= 4 is 38.4 Å². The first-order chi connectivity index (χ1) is 6.18. The Morgan fingerprint density at radius 3 is 2.85 bits per heavy atom. The standard InChI is InChI=1S/C9H6BrClN2/c1-5-3-2-4-6-7(5)8(10)13-9(11)12-6/h2-4H,1H3. The normalized spacial score (nSPS) is 10.7. The molecule has 4 heteroatoms. The molecular formula is C9H6BrClN2. The Hall–Kier alpha value is -0.670. The third-order valence-electron chi connectivity index (χ3n) is 1.86. The summed E-state index contributed by atoms with van der Waals surface area (Å²) in [5.41, 5.74) is 2.01. The van der Waals surface area contributed by atoms with Crippen molar-refractivity contribution in [3.05, 3.63) is 33.6 Å². The number of benzene rings is 1. The molecule has 0 amide bonds. The second-order valence-corrected chi connectivity index (χ2v) is 3.84. The van der Waals surface area contributed by atoms with E-state index < -0.39 is 0 Å². The molecular weight excluding hydrogens is 251 g/mol. The van der Waals surface area contributed by atoms with Crippen LogP contribution >= 0.6 is 27.5 Å². The molecule has 0 N–H and O–H groups in total. The molecule has 13 heavy (non-hydrogen) atoms. The number of nitrogens with zero attached hydrogens (tertiary/aromatic N) is 2. The average Bonchev–Trinajstić information content (AvgIpc) is 2.02. The smallest absolute Gasteiger partial charge is 0.218 e. The number of fused-ring (bicyclic) bond motifs is 1. The summed E-state index contributed by atoms with van der Waals surface area (Å²) in [6.45, 7) is 2.02. The molecule has 2 aromatic rings. The van der Waals surface area contributed by atoms with Crippen LogP contribution in [0.5, 0.6) is 0 Å². The summed E-state index contributed by atoms with van der Waals surface area (Å²) in [7, 11) is 0. The van der Waals surface area contributed by atoms with Gasteiger partial charge in [0.2, 0.25) is 5.28 Å². The minimum Gasteiger partial charge on any atom is -0.218 e. The molecule has 1 aromatic carbocycles. The van der Waals surface area contributed by atoms with Gasteiger partial charge in [-0.05, 0) is 46.1 Å². The van der Waals surface area contributed by atoms with Crippen molar-refractivity contribution in [2.24, 2.45) is 0 Å². The highest BCUT2D eigenvalue weighted by atomic mass is 79.9. The summed E-state index contributed by atoms with van der Waals surface area (Å²) in [4.78, 5) is 8.16. The van der Waals surface area contributed by atoms with E-state index in [0.717, 1.165) is 21.1 Å². The van der Waals surface area contributed by atoms with Gasteiger partial charge in [-0.15, -0.1) is 0 Å². The van der Waals surface area contributed by atoms with Crippen molar-refractivity contribution in [2.75, 3.05) is 0 Å². The fourth-order valence-corrected chi connectivity index (χ4v) is 2.24. The van der Waals surface area contributed by atoms with Crippen LogP contribution in [0.3, 0.4) is 0 Å². The highest BCUT2D eigenvalue weighted by Crippen LogP contribution is 2.25. The number of hydrogen-bond acceptors (Lipinski definition) is 2. The van der Waals surface area contributed by atoms with Crippen LogP contribution in [0.4, 0.5) is 0 Å². The quantitative estimate of drug-likeness (QED) is 0.534. The lowest BCUT2D eigenvalue weighted by Gasteiger charge is -2.02. The van der Waals surface area contributed by atoms with E-state index in [2.05, 4.69) is 25.9 Å². The van der Waals surface area contributed by atoms with Gasteiger partial charge in [-0.2, -0.15) is 0 Å². The van der Waals surface area contributed by atoms with Gasteiger partial charge in [-0.3, -0.25) is 0 Å². The molecule has 0 atom stereocenters. The first-order valence-electron chi connectivity index (χ1n) is 3.77. The van der Waals surface area contributed by atoms with Gasteiger partial charge < -0.3 is 0 Å². The van der Waals surface area contributed by atoms with Crippen molar-refractivity contribution in [2.45, 2.75) is 6.92 Å². The maximum Gasteiger partial charge on any atom is 0.224 e. The monoisotopic (exact) mass is 256 g/mol. The van der Waals surface area contributed by atoms with Crippen molar-refractivity contribution in [3.63, 3.8) is 0 Å². The maximum absolute atomic E-state index is 5.72. The third-order valence-corrected chi connectivity index (χ3v) is 2.60. The lowest BCUT2D eigenvalue weighted by molar-refractivity contribution is 1.19. The van der Waals surface area contributed by atoms with Crippen LogP contribution in [0.15, 0.2) is 22.8 Å². The van der Waals surface area contributed by atoms with E-state index >= 15 is 0 Å². The highest BCUT2D eigenvalue weighted by Gasteiger charge is 2.05. The molecule has 1 heterocycles. The Morgan fingerprint density at radius 1 is 1.31 bits per heavy atom. The van der Waals surface area contributed by atoms with Crippen LogP contribution in [-0.2, 0) is 0 Å². The van der Waals surface area contributed by atoms with Gasteiger partial charge in [0, 0.05) is 5.39 Å². The molecule has 2 nitrogen and oxygen atoms in total. The molecule has 0 unspecified atom stereocenters.